The highest BCUT2D eigenvalue weighted by Crippen LogP contribution is 2.36. The Kier molecular flexibility index (Phi) is 5.90. The van der Waals surface area contributed by atoms with Crippen LogP contribution in [0.3, 0.4) is 0 Å². The van der Waals surface area contributed by atoms with Gasteiger partial charge in [-0.3, -0.25) is 0 Å². The van der Waals surface area contributed by atoms with Gasteiger partial charge in [-0.05, 0) is 51.2 Å². The highest BCUT2D eigenvalue weighted by molar-refractivity contribution is 5.93. The molecule has 1 aromatic heterocycles. The largest absolute Gasteiger partial charge is 0.493 e. The van der Waals surface area contributed by atoms with E-state index in [4.69, 9.17) is 19.4 Å². The lowest BCUT2D eigenvalue weighted by atomic mass is 10.1. The number of rotatable bonds is 6. The fourth-order valence-electron chi connectivity index (χ4n) is 3.82. The zero-order chi connectivity index (χ0) is 21.1. The lowest BCUT2D eigenvalue weighted by Gasteiger charge is -2.30. The summed E-state index contributed by atoms with van der Waals surface area (Å²) < 4.78 is 11.0. The van der Waals surface area contributed by atoms with Crippen molar-refractivity contribution in [1.82, 2.24) is 14.9 Å². The summed E-state index contributed by atoms with van der Waals surface area (Å²) in [6.45, 7) is 2.16. The van der Waals surface area contributed by atoms with Gasteiger partial charge in [-0.15, -0.1) is 0 Å². The van der Waals surface area contributed by atoms with E-state index in [9.17, 15) is 0 Å². The van der Waals surface area contributed by atoms with E-state index in [2.05, 4.69) is 17.3 Å². The van der Waals surface area contributed by atoms with Crippen LogP contribution in [-0.4, -0.2) is 62.3 Å². The molecule has 0 unspecified atom stereocenters. The number of hydrogen-bond donors (Lipinski definition) is 1. The maximum atomic E-state index is 5.52. The van der Waals surface area contributed by atoms with E-state index in [0.717, 1.165) is 48.3 Å². The monoisotopic (exact) mass is 407 g/mol. The Bertz CT molecular complexity index is 1000. The van der Waals surface area contributed by atoms with Crippen LogP contribution in [0.15, 0.2) is 42.5 Å². The van der Waals surface area contributed by atoms with Crippen molar-refractivity contribution in [2.24, 2.45) is 0 Å². The topological polar surface area (TPSA) is 62.8 Å². The molecule has 1 aliphatic rings. The molecule has 2 heterocycles. The summed E-state index contributed by atoms with van der Waals surface area (Å²) in [5.41, 5.74) is 1.85. The van der Waals surface area contributed by atoms with E-state index in [1.165, 1.54) is 0 Å². The number of nitrogens with one attached hydrogen (secondary N) is 1. The normalized spacial score (nSPS) is 15.2. The molecule has 7 heteroatoms. The van der Waals surface area contributed by atoms with Crippen molar-refractivity contribution < 1.29 is 9.47 Å². The number of piperidine rings is 1. The first-order valence-corrected chi connectivity index (χ1v) is 10.3. The van der Waals surface area contributed by atoms with Crippen LogP contribution in [0.25, 0.3) is 10.9 Å². The Labute approximate surface area is 177 Å². The van der Waals surface area contributed by atoms with Crippen LogP contribution in [0.4, 0.5) is 17.5 Å². The average molecular weight is 408 g/mol. The Morgan fingerprint density at radius 1 is 1.00 bits per heavy atom. The van der Waals surface area contributed by atoms with Gasteiger partial charge in [0.25, 0.3) is 0 Å². The molecule has 1 saturated heterocycles. The van der Waals surface area contributed by atoms with Crippen molar-refractivity contribution in [3.05, 3.63) is 42.5 Å². The number of fused-ring (bicyclic) bond motifs is 1. The predicted molar refractivity (Wildman–Crippen MR) is 121 cm³/mol. The van der Waals surface area contributed by atoms with Crippen LogP contribution in [0.5, 0.6) is 11.5 Å². The summed E-state index contributed by atoms with van der Waals surface area (Å²) in [5.74, 6) is 2.79. The average Bonchev–Trinajstić information content (AvgIpc) is 2.79. The molecule has 7 nitrogen and oxygen atoms in total. The fourth-order valence-corrected chi connectivity index (χ4v) is 3.82. The Morgan fingerprint density at radius 2 is 1.67 bits per heavy atom. The first-order chi connectivity index (χ1) is 14.6. The van der Waals surface area contributed by atoms with Crippen LogP contribution < -0.4 is 19.7 Å². The molecule has 1 N–H and O–H groups in total. The maximum Gasteiger partial charge on any atom is 0.232 e. The van der Waals surface area contributed by atoms with Gasteiger partial charge in [0.1, 0.15) is 5.82 Å². The molecule has 158 valence electrons. The van der Waals surface area contributed by atoms with Crippen LogP contribution in [0.1, 0.15) is 12.8 Å². The van der Waals surface area contributed by atoms with Gasteiger partial charge in [0.2, 0.25) is 5.95 Å². The van der Waals surface area contributed by atoms with Gasteiger partial charge in [0.15, 0.2) is 11.5 Å². The SMILES string of the molecule is COc1cc2nc(N(C)c3ccccc3)nc(NC3CCN(C)CC3)c2cc1OC. The van der Waals surface area contributed by atoms with Gasteiger partial charge < -0.3 is 24.6 Å². The number of benzene rings is 2. The van der Waals surface area contributed by atoms with Gasteiger partial charge in [0.05, 0.1) is 19.7 Å². The third-order valence-corrected chi connectivity index (χ3v) is 5.69. The number of nitrogens with zero attached hydrogens (tertiary/aromatic N) is 4. The molecule has 0 radical (unpaired) electrons. The summed E-state index contributed by atoms with van der Waals surface area (Å²) in [5, 5.41) is 4.61. The minimum Gasteiger partial charge on any atom is -0.493 e. The molecule has 2 aromatic carbocycles. The second-order valence-corrected chi connectivity index (χ2v) is 7.71. The molecule has 0 aliphatic carbocycles. The number of methoxy groups -OCH3 is 2. The lowest BCUT2D eigenvalue weighted by Crippen LogP contribution is -2.37. The number of anilines is 3. The van der Waals surface area contributed by atoms with E-state index in [-0.39, 0.29) is 0 Å². The standard InChI is InChI=1S/C23H29N5O2/c1-27-12-10-16(11-13-27)24-22-18-14-20(29-3)21(30-4)15-19(18)25-23(26-22)28(2)17-8-6-5-7-9-17/h5-9,14-16H,10-13H2,1-4H3,(H,24,25,26). The molecule has 3 aromatic rings. The lowest BCUT2D eigenvalue weighted by molar-refractivity contribution is 0.264. The fraction of sp³-hybridized carbons (Fsp3) is 0.391. The summed E-state index contributed by atoms with van der Waals surface area (Å²) in [4.78, 5) is 14.1. The van der Waals surface area contributed by atoms with Gasteiger partial charge >= 0.3 is 0 Å². The molecule has 0 saturated carbocycles. The molecular weight excluding hydrogens is 378 g/mol. The van der Waals surface area contributed by atoms with Gasteiger partial charge in [-0.1, -0.05) is 18.2 Å². The first kappa shape index (κ1) is 20.2. The van der Waals surface area contributed by atoms with E-state index < -0.39 is 0 Å². The first-order valence-electron chi connectivity index (χ1n) is 10.3. The Balaban J connectivity index is 1.79. The molecule has 0 atom stereocenters. The zero-order valence-corrected chi connectivity index (χ0v) is 18.1. The van der Waals surface area contributed by atoms with E-state index in [1.54, 1.807) is 14.2 Å². The van der Waals surface area contributed by atoms with Crippen molar-refractivity contribution >= 4 is 28.4 Å². The third-order valence-electron chi connectivity index (χ3n) is 5.69. The third kappa shape index (κ3) is 4.11. The zero-order valence-electron chi connectivity index (χ0n) is 18.1. The van der Waals surface area contributed by atoms with Gasteiger partial charge in [0, 0.05) is 30.2 Å². The number of likely N-dealkylation sites (tertiary alicyclic amines) is 1. The molecule has 0 bridgehead atoms. The number of hydrogen-bond acceptors (Lipinski definition) is 7. The van der Waals surface area contributed by atoms with Crippen LogP contribution >= 0.6 is 0 Å². The predicted octanol–water partition coefficient (Wildman–Crippen LogP) is 3.92. The van der Waals surface area contributed by atoms with E-state index >= 15 is 0 Å². The van der Waals surface area contributed by atoms with E-state index in [0.29, 0.717) is 23.5 Å². The van der Waals surface area contributed by atoms with Crippen molar-refractivity contribution in [2.75, 3.05) is 51.6 Å². The quantitative estimate of drug-likeness (QED) is 0.664. The smallest absolute Gasteiger partial charge is 0.232 e. The van der Waals surface area contributed by atoms with Crippen LogP contribution in [-0.2, 0) is 0 Å². The second-order valence-electron chi connectivity index (χ2n) is 7.71. The second kappa shape index (κ2) is 8.75. The van der Waals surface area contributed by atoms with E-state index in [1.807, 2.05) is 54.4 Å². The minimum atomic E-state index is 0.377. The van der Waals surface area contributed by atoms with Crippen LogP contribution in [0.2, 0.25) is 0 Å². The van der Waals surface area contributed by atoms with Gasteiger partial charge in [-0.2, -0.15) is 4.98 Å². The molecule has 0 spiro atoms. The van der Waals surface area contributed by atoms with Crippen molar-refractivity contribution in [3.63, 3.8) is 0 Å². The highest BCUT2D eigenvalue weighted by atomic mass is 16.5. The Hall–Kier alpha value is -3.06. The Morgan fingerprint density at radius 3 is 2.33 bits per heavy atom. The van der Waals surface area contributed by atoms with Crippen LogP contribution in [0, 0.1) is 0 Å². The summed E-state index contributed by atoms with van der Waals surface area (Å²) in [7, 11) is 7.43. The summed E-state index contributed by atoms with van der Waals surface area (Å²) in [6, 6.07) is 14.4. The molecule has 1 fully saturated rings. The molecular formula is C23H29N5O2. The molecule has 30 heavy (non-hydrogen) atoms. The molecule has 0 amide bonds. The summed E-state index contributed by atoms with van der Waals surface area (Å²) in [6.07, 6.45) is 2.16. The number of ether oxygens (including phenoxy) is 2. The number of aromatic nitrogens is 2. The van der Waals surface area contributed by atoms with Crippen molar-refractivity contribution in [1.29, 1.82) is 0 Å². The maximum absolute atomic E-state index is 5.52. The van der Waals surface area contributed by atoms with Crippen molar-refractivity contribution in [2.45, 2.75) is 18.9 Å². The summed E-state index contributed by atoms with van der Waals surface area (Å²) >= 11 is 0. The van der Waals surface area contributed by atoms with Crippen molar-refractivity contribution in [3.8, 4) is 11.5 Å². The minimum absolute atomic E-state index is 0.377. The molecule has 4 rings (SSSR count). The van der Waals surface area contributed by atoms with Gasteiger partial charge in [-0.25, -0.2) is 4.98 Å². The number of para-hydroxylation sites is 1. The highest BCUT2D eigenvalue weighted by Gasteiger charge is 2.21. The molecule has 1 aliphatic heterocycles.